The summed E-state index contributed by atoms with van der Waals surface area (Å²) in [5, 5.41) is 0. The minimum atomic E-state index is 0.261. The first kappa shape index (κ1) is 14.9. The van der Waals surface area contributed by atoms with Crippen molar-refractivity contribution in [1.82, 2.24) is 5.43 Å². The minimum Gasteiger partial charge on any atom is -0.490 e. The van der Waals surface area contributed by atoms with E-state index in [-0.39, 0.29) is 6.10 Å². The second-order valence-electron chi connectivity index (χ2n) is 5.38. The number of nitrogens with one attached hydrogen (secondary N) is 2. The molecule has 2 aromatic carbocycles. The monoisotopic (exact) mass is 298 g/mol. The lowest BCUT2D eigenvalue weighted by Gasteiger charge is -2.24. The van der Waals surface area contributed by atoms with E-state index in [2.05, 4.69) is 16.9 Å². The lowest BCUT2D eigenvalue weighted by atomic mass is 10.1. The van der Waals surface area contributed by atoms with Crippen molar-refractivity contribution in [2.45, 2.75) is 25.5 Å². The molecule has 0 radical (unpaired) electrons. The van der Waals surface area contributed by atoms with E-state index in [1.807, 2.05) is 48.5 Å². The first-order chi connectivity index (χ1) is 10.9. The summed E-state index contributed by atoms with van der Waals surface area (Å²) in [6.07, 6.45) is 2.19. The van der Waals surface area contributed by atoms with Crippen LogP contribution < -0.4 is 15.6 Å². The van der Waals surface area contributed by atoms with Gasteiger partial charge >= 0.3 is 0 Å². The predicted octanol–water partition coefficient (Wildman–Crippen LogP) is 3.36. The van der Waals surface area contributed by atoms with E-state index in [0.29, 0.717) is 6.54 Å². The lowest BCUT2D eigenvalue weighted by molar-refractivity contribution is 0.0251. The van der Waals surface area contributed by atoms with E-state index in [9.17, 15) is 0 Å². The Labute approximate surface area is 131 Å². The van der Waals surface area contributed by atoms with Gasteiger partial charge in [0.1, 0.15) is 11.9 Å². The Morgan fingerprint density at radius 1 is 0.955 bits per heavy atom. The van der Waals surface area contributed by atoms with Crippen molar-refractivity contribution in [3.05, 3.63) is 60.2 Å². The molecule has 0 spiro atoms. The zero-order chi connectivity index (χ0) is 15.0. The highest BCUT2D eigenvalue weighted by Gasteiger charge is 2.16. The van der Waals surface area contributed by atoms with Crippen LogP contribution in [0.1, 0.15) is 18.4 Å². The molecule has 0 aromatic heterocycles. The Morgan fingerprint density at radius 2 is 1.68 bits per heavy atom. The zero-order valence-electron chi connectivity index (χ0n) is 12.6. The molecule has 2 aromatic rings. The molecule has 22 heavy (non-hydrogen) atoms. The molecule has 0 saturated carbocycles. The van der Waals surface area contributed by atoms with Gasteiger partial charge in [-0.25, -0.2) is 5.43 Å². The Bertz CT molecular complexity index is 568. The van der Waals surface area contributed by atoms with Crippen LogP contribution in [0.5, 0.6) is 5.75 Å². The number of anilines is 1. The number of para-hydroxylation sites is 2. The number of ether oxygens (including phenoxy) is 2. The highest BCUT2D eigenvalue weighted by Crippen LogP contribution is 2.22. The van der Waals surface area contributed by atoms with E-state index in [4.69, 9.17) is 9.47 Å². The summed E-state index contributed by atoms with van der Waals surface area (Å²) in [5.41, 5.74) is 8.64. The van der Waals surface area contributed by atoms with Crippen LogP contribution >= 0.6 is 0 Å². The van der Waals surface area contributed by atoms with Crippen molar-refractivity contribution in [3.8, 4) is 5.75 Å². The predicted molar refractivity (Wildman–Crippen MR) is 87.8 cm³/mol. The molecule has 1 heterocycles. The average Bonchev–Trinajstić information content (AvgIpc) is 2.58. The average molecular weight is 298 g/mol. The van der Waals surface area contributed by atoms with Crippen molar-refractivity contribution >= 4 is 5.69 Å². The third-order valence-corrected chi connectivity index (χ3v) is 3.72. The molecule has 1 fully saturated rings. The second kappa shape index (κ2) is 7.82. The van der Waals surface area contributed by atoms with E-state index in [1.165, 1.54) is 0 Å². The standard InChI is InChI=1S/C18H22N2O2/c1-2-7-16(8-3-1)20-19-14-15-6-4-5-9-18(15)22-17-10-12-21-13-11-17/h1-9,17,19-20H,10-14H2. The van der Waals surface area contributed by atoms with Gasteiger partial charge in [-0.15, -0.1) is 0 Å². The van der Waals surface area contributed by atoms with Gasteiger partial charge in [-0.3, -0.25) is 0 Å². The first-order valence-electron chi connectivity index (χ1n) is 7.78. The Hall–Kier alpha value is -2.04. The van der Waals surface area contributed by atoms with Gasteiger partial charge in [-0.05, 0) is 18.2 Å². The molecule has 3 rings (SSSR count). The highest BCUT2D eigenvalue weighted by molar-refractivity contribution is 5.41. The molecule has 0 bridgehead atoms. The van der Waals surface area contributed by atoms with Gasteiger partial charge in [0, 0.05) is 30.6 Å². The van der Waals surface area contributed by atoms with Crippen molar-refractivity contribution in [2.75, 3.05) is 18.6 Å². The van der Waals surface area contributed by atoms with Crippen LogP contribution in [0, 0.1) is 0 Å². The van der Waals surface area contributed by atoms with Crippen LogP contribution in [0.3, 0.4) is 0 Å². The van der Waals surface area contributed by atoms with Crippen LogP contribution in [0.2, 0.25) is 0 Å². The van der Waals surface area contributed by atoms with Gasteiger partial charge in [-0.1, -0.05) is 36.4 Å². The van der Waals surface area contributed by atoms with Gasteiger partial charge in [0.25, 0.3) is 0 Å². The minimum absolute atomic E-state index is 0.261. The maximum Gasteiger partial charge on any atom is 0.124 e. The fourth-order valence-corrected chi connectivity index (χ4v) is 2.50. The maximum absolute atomic E-state index is 6.14. The fraction of sp³-hybridized carbons (Fsp3) is 0.333. The van der Waals surface area contributed by atoms with Gasteiger partial charge in [0.05, 0.1) is 13.2 Å². The van der Waals surface area contributed by atoms with Crippen molar-refractivity contribution in [2.24, 2.45) is 0 Å². The quantitative estimate of drug-likeness (QED) is 0.803. The molecule has 0 amide bonds. The molecule has 4 nitrogen and oxygen atoms in total. The summed E-state index contributed by atoms with van der Waals surface area (Å²) in [6, 6.07) is 18.2. The molecule has 116 valence electrons. The Balaban J connectivity index is 1.56. The van der Waals surface area contributed by atoms with Crippen LogP contribution in [0.4, 0.5) is 5.69 Å². The molecule has 4 heteroatoms. The van der Waals surface area contributed by atoms with Crippen LogP contribution in [-0.4, -0.2) is 19.3 Å². The molecule has 1 aliphatic heterocycles. The van der Waals surface area contributed by atoms with E-state index < -0.39 is 0 Å². The van der Waals surface area contributed by atoms with E-state index in [1.54, 1.807) is 0 Å². The Morgan fingerprint density at radius 3 is 2.50 bits per heavy atom. The topological polar surface area (TPSA) is 42.5 Å². The van der Waals surface area contributed by atoms with Gasteiger partial charge in [0.15, 0.2) is 0 Å². The van der Waals surface area contributed by atoms with Crippen molar-refractivity contribution in [3.63, 3.8) is 0 Å². The first-order valence-corrected chi connectivity index (χ1v) is 7.78. The summed E-state index contributed by atoms with van der Waals surface area (Å²) >= 11 is 0. The third kappa shape index (κ3) is 4.23. The SMILES string of the molecule is c1ccc(NNCc2ccccc2OC2CCOCC2)cc1. The van der Waals surface area contributed by atoms with E-state index >= 15 is 0 Å². The fourth-order valence-electron chi connectivity index (χ4n) is 2.50. The summed E-state index contributed by atoms with van der Waals surface area (Å²) in [7, 11) is 0. The number of benzene rings is 2. The molecule has 0 aliphatic carbocycles. The maximum atomic E-state index is 6.14. The summed E-state index contributed by atoms with van der Waals surface area (Å²) in [6.45, 7) is 2.29. The number of hydrogen-bond donors (Lipinski definition) is 2. The number of hydrazine groups is 1. The highest BCUT2D eigenvalue weighted by atomic mass is 16.5. The van der Waals surface area contributed by atoms with Gasteiger partial charge < -0.3 is 14.9 Å². The molecule has 0 atom stereocenters. The van der Waals surface area contributed by atoms with Crippen molar-refractivity contribution in [1.29, 1.82) is 0 Å². The van der Waals surface area contributed by atoms with Crippen molar-refractivity contribution < 1.29 is 9.47 Å². The van der Waals surface area contributed by atoms with Gasteiger partial charge in [0.2, 0.25) is 0 Å². The summed E-state index contributed by atoms with van der Waals surface area (Å²) in [4.78, 5) is 0. The van der Waals surface area contributed by atoms with Crippen LogP contribution in [-0.2, 0) is 11.3 Å². The summed E-state index contributed by atoms with van der Waals surface area (Å²) in [5.74, 6) is 0.955. The summed E-state index contributed by atoms with van der Waals surface area (Å²) < 4.78 is 11.5. The molecule has 1 aliphatic rings. The van der Waals surface area contributed by atoms with Gasteiger partial charge in [-0.2, -0.15) is 0 Å². The van der Waals surface area contributed by atoms with Crippen LogP contribution in [0.15, 0.2) is 54.6 Å². The lowest BCUT2D eigenvalue weighted by Crippen LogP contribution is -2.27. The van der Waals surface area contributed by atoms with Crippen LogP contribution in [0.25, 0.3) is 0 Å². The second-order valence-corrected chi connectivity index (χ2v) is 5.38. The largest absolute Gasteiger partial charge is 0.490 e. The molecular weight excluding hydrogens is 276 g/mol. The smallest absolute Gasteiger partial charge is 0.124 e. The third-order valence-electron chi connectivity index (χ3n) is 3.72. The number of rotatable bonds is 6. The molecule has 1 saturated heterocycles. The normalized spacial score (nSPS) is 15.5. The number of hydrogen-bond acceptors (Lipinski definition) is 4. The zero-order valence-corrected chi connectivity index (χ0v) is 12.6. The van der Waals surface area contributed by atoms with E-state index in [0.717, 1.165) is 43.1 Å². The molecule has 0 unspecified atom stereocenters. The molecule has 2 N–H and O–H groups in total. The Kier molecular flexibility index (Phi) is 5.29. The molecular formula is C18H22N2O2.